The van der Waals surface area contributed by atoms with Crippen molar-refractivity contribution in [2.75, 3.05) is 19.9 Å². The summed E-state index contributed by atoms with van der Waals surface area (Å²) in [6.07, 6.45) is 1.59. The van der Waals surface area contributed by atoms with E-state index in [0.29, 0.717) is 23.7 Å². The Kier molecular flexibility index (Phi) is 4.20. The number of carbonyl (C=O) groups is 1. The molecule has 1 amide bonds. The van der Waals surface area contributed by atoms with E-state index < -0.39 is 0 Å². The molecular formula is C15H17N3O2. The van der Waals surface area contributed by atoms with Crippen LogP contribution < -0.4 is 10.5 Å². The highest BCUT2D eigenvalue weighted by atomic mass is 16.5. The number of methoxy groups -OCH3 is 1. The van der Waals surface area contributed by atoms with Crippen LogP contribution in [0.4, 0.5) is 5.69 Å². The van der Waals surface area contributed by atoms with Crippen molar-refractivity contribution in [3.63, 3.8) is 0 Å². The fraction of sp³-hybridized carbons (Fsp3) is 0.200. The van der Waals surface area contributed by atoms with Crippen LogP contribution in [0.5, 0.6) is 5.88 Å². The van der Waals surface area contributed by atoms with Crippen molar-refractivity contribution in [2.45, 2.75) is 6.54 Å². The summed E-state index contributed by atoms with van der Waals surface area (Å²) in [5.74, 6) is 0.189. The first kappa shape index (κ1) is 13.9. The van der Waals surface area contributed by atoms with Crippen LogP contribution in [0, 0.1) is 0 Å². The van der Waals surface area contributed by atoms with Gasteiger partial charge in [0, 0.05) is 25.5 Å². The fourth-order valence-corrected chi connectivity index (χ4v) is 1.96. The van der Waals surface area contributed by atoms with Gasteiger partial charge < -0.3 is 15.4 Å². The second-order valence-corrected chi connectivity index (χ2v) is 4.47. The van der Waals surface area contributed by atoms with Gasteiger partial charge in [-0.2, -0.15) is 0 Å². The van der Waals surface area contributed by atoms with Crippen molar-refractivity contribution in [3.05, 3.63) is 53.7 Å². The van der Waals surface area contributed by atoms with Crippen molar-refractivity contribution in [1.82, 2.24) is 9.88 Å². The van der Waals surface area contributed by atoms with Crippen molar-refractivity contribution in [1.29, 1.82) is 0 Å². The highest BCUT2D eigenvalue weighted by Gasteiger charge is 2.17. The summed E-state index contributed by atoms with van der Waals surface area (Å²) in [7, 11) is 3.23. The Morgan fingerprint density at radius 1 is 1.35 bits per heavy atom. The van der Waals surface area contributed by atoms with Gasteiger partial charge in [0.25, 0.3) is 5.91 Å². The SMILES string of the molecule is COc1ncccc1C(=O)N(C)Cc1cccc(N)c1. The summed E-state index contributed by atoms with van der Waals surface area (Å²) in [6.45, 7) is 0.474. The first-order chi connectivity index (χ1) is 9.61. The van der Waals surface area contributed by atoms with E-state index in [1.165, 1.54) is 7.11 Å². The smallest absolute Gasteiger partial charge is 0.259 e. The van der Waals surface area contributed by atoms with E-state index in [2.05, 4.69) is 4.98 Å². The predicted octanol–water partition coefficient (Wildman–Crippen LogP) is 1.94. The highest BCUT2D eigenvalue weighted by molar-refractivity contribution is 5.96. The topological polar surface area (TPSA) is 68.5 Å². The minimum Gasteiger partial charge on any atom is -0.480 e. The Hall–Kier alpha value is -2.56. The summed E-state index contributed by atoms with van der Waals surface area (Å²) < 4.78 is 5.11. The van der Waals surface area contributed by atoms with Gasteiger partial charge in [-0.1, -0.05) is 12.1 Å². The molecule has 104 valence electrons. The molecule has 0 saturated carbocycles. The van der Waals surface area contributed by atoms with Crippen LogP contribution in [0.3, 0.4) is 0 Å². The Morgan fingerprint density at radius 3 is 2.85 bits per heavy atom. The minimum atomic E-state index is -0.141. The minimum absolute atomic E-state index is 0.141. The molecule has 0 aliphatic heterocycles. The number of anilines is 1. The molecule has 0 atom stereocenters. The summed E-state index contributed by atoms with van der Waals surface area (Å²) in [4.78, 5) is 18.0. The molecule has 0 radical (unpaired) electrons. The predicted molar refractivity (Wildman–Crippen MR) is 77.4 cm³/mol. The second kappa shape index (κ2) is 6.06. The number of aromatic nitrogens is 1. The van der Waals surface area contributed by atoms with Crippen molar-refractivity contribution in [2.24, 2.45) is 0 Å². The highest BCUT2D eigenvalue weighted by Crippen LogP contribution is 2.17. The van der Waals surface area contributed by atoms with Crippen LogP contribution in [-0.2, 0) is 6.54 Å². The van der Waals surface area contributed by atoms with Crippen molar-refractivity contribution >= 4 is 11.6 Å². The maximum Gasteiger partial charge on any atom is 0.259 e. The zero-order valence-corrected chi connectivity index (χ0v) is 11.5. The van der Waals surface area contributed by atoms with Crippen LogP contribution in [0.15, 0.2) is 42.6 Å². The number of nitrogens with two attached hydrogens (primary N) is 1. The van der Waals surface area contributed by atoms with E-state index >= 15 is 0 Å². The number of amides is 1. The van der Waals surface area contributed by atoms with Crippen LogP contribution in [0.2, 0.25) is 0 Å². The van der Waals surface area contributed by atoms with E-state index in [9.17, 15) is 4.79 Å². The number of rotatable bonds is 4. The van der Waals surface area contributed by atoms with Gasteiger partial charge in [-0.05, 0) is 29.8 Å². The molecule has 0 aliphatic carbocycles. The van der Waals surface area contributed by atoms with Crippen LogP contribution in [0.25, 0.3) is 0 Å². The third kappa shape index (κ3) is 3.06. The number of benzene rings is 1. The second-order valence-electron chi connectivity index (χ2n) is 4.47. The first-order valence-electron chi connectivity index (χ1n) is 6.20. The van der Waals surface area contributed by atoms with Gasteiger partial charge >= 0.3 is 0 Å². The fourth-order valence-electron chi connectivity index (χ4n) is 1.96. The number of carbonyl (C=O) groups excluding carboxylic acids is 1. The van der Waals surface area contributed by atoms with Crippen LogP contribution >= 0.6 is 0 Å². The Balaban J connectivity index is 2.16. The van der Waals surface area contributed by atoms with Gasteiger partial charge in [-0.15, -0.1) is 0 Å². The molecule has 1 aromatic carbocycles. The summed E-state index contributed by atoms with van der Waals surface area (Å²) in [5, 5.41) is 0. The van der Waals surface area contributed by atoms with E-state index in [1.807, 2.05) is 24.3 Å². The zero-order chi connectivity index (χ0) is 14.5. The first-order valence-corrected chi connectivity index (χ1v) is 6.20. The molecule has 5 heteroatoms. The van der Waals surface area contributed by atoms with E-state index in [0.717, 1.165) is 5.56 Å². The molecule has 0 aliphatic rings. The third-order valence-corrected chi connectivity index (χ3v) is 2.91. The van der Waals surface area contributed by atoms with Gasteiger partial charge in [-0.3, -0.25) is 4.79 Å². The Labute approximate surface area is 118 Å². The lowest BCUT2D eigenvalue weighted by atomic mass is 10.1. The van der Waals surface area contributed by atoms with Gasteiger partial charge in [0.05, 0.1) is 7.11 Å². The normalized spacial score (nSPS) is 10.1. The Bertz CT molecular complexity index is 614. The van der Waals surface area contributed by atoms with Gasteiger partial charge in [0.1, 0.15) is 5.56 Å². The molecule has 2 aromatic rings. The lowest BCUT2D eigenvalue weighted by molar-refractivity contribution is 0.0781. The lowest BCUT2D eigenvalue weighted by Gasteiger charge is -2.18. The molecule has 0 unspecified atom stereocenters. The molecule has 1 aromatic heterocycles. The van der Waals surface area contributed by atoms with Crippen molar-refractivity contribution < 1.29 is 9.53 Å². The van der Waals surface area contributed by atoms with Gasteiger partial charge in [0.2, 0.25) is 5.88 Å². The van der Waals surface area contributed by atoms with Crippen LogP contribution in [0.1, 0.15) is 15.9 Å². The number of pyridine rings is 1. The third-order valence-electron chi connectivity index (χ3n) is 2.91. The van der Waals surface area contributed by atoms with Gasteiger partial charge in [0.15, 0.2) is 0 Å². The summed E-state index contributed by atoms with van der Waals surface area (Å²) in [6, 6.07) is 10.9. The molecule has 2 N–H and O–H groups in total. The molecule has 20 heavy (non-hydrogen) atoms. The number of nitrogens with zero attached hydrogens (tertiary/aromatic N) is 2. The standard InChI is InChI=1S/C15H17N3O2/c1-18(10-11-5-3-6-12(16)9-11)15(19)13-7-4-8-17-14(13)20-2/h3-9H,10,16H2,1-2H3. The Morgan fingerprint density at radius 2 is 2.15 bits per heavy atom. The van der Waals surface area contributed by atoms with Crippen LogP contribution in [-0.4, -0.2) is 29.9 Å². The summed E-state index contributed by atoms with van der Waals surface area (Å²) in [5.41, 5.74) is 7.84. The average molecular weight is 271 g/mol. The molecule has 0 saturated heterocycles. The van der Waals surface area contributed by atoms with Crippen molar-refractivity contribution in [3.8, 4) is 5.88 Å². The van der Waals surface area contributed by atoms with E-state index in [4.69, 9.17) is 10.5 Å². The molecule has 0 spiro atoms. The number of hydrogen-bond donors (Lipinski definition) is 1. The summed E-state index contributed by atoms with van der Waals surface area (Å²) >= 11 is 0. The molecule has 0 fully saturated rings. The average Bonchev–Trinajstić information content (AvgIpc) is 2.46. The molecule has 1 heterocycles. The molecule has 5 nitrogen and oxygen atoms in total. The van der Waals surface area contributed by atoms with E-state index in [-0.39, 0.29) is 5.91 Å². The molecule has 0 bridgehead atoms. The number of ether oxygens (including phenoxy) is 1. The number of nitrogen functional groups attached to an aromatic ring is 1. The quantitative estimate of drug-likeness (QED) is 0.863. The molecular weight excluding hydrogens is 254 g/mol. The lowest BCUT2D eigenvalue weighted by Crippen LogP contribution is -2.26. The zero-order valence-electron chi connectivity index (χ0n) is 11.5. The van der Waals surface area contributed by atoms with E-state index in [1.54, 1.807) is 30.3 Å². The maximum absolute atomic E-state index is 12.4. The number of hydrogen-bond acceptors (Lipinski definition) is 4. The largest absolute Gasteiger partial charge is 0.480 e. The monoisotopic (exact) mass is 271 g/mol. The maximum atomic E-state index is 12.4. The molecule has 2 rings (SSSR count). The van der Waals surface area contributed by atoms with Gasteiger partial charge in [-0.25, -0.2) is 4.98 Å².